The van der Waals surface area contributed by atoms with Crippen molar-refractivity contribution in [3.05, 3.63) is 87.5 Å². The van der Waals surface area contributed by atoms with Gasteiger partial charge < -0.3 is 0 Å². The third kappa shape index (κ3) is 2.81. The second-order valence-corrected chi connectivity index (χ2v) is 6.50. The van der Waals surface area contributed by atoms with Crippen molar-refractivity contribution in [3.8, 4) is 16.8 Å². The molecule has 1 aromatic heterocycles. The number of nitro groups is 1. The predicted molar refractivity (Wildman–Crippen MR) is 101 cm³/mol. The molecule has 122 valence electrons. The highest BCUT2D eigenvalue weighted by molar-refractivity contribution is 9.10. The second kappa shape index (κ2) is 6.14. The Labute approximate surface area is 151 Å². The molecule has 4 rings (SSSR count). The zero-order valence-electron chi connectivity index (χ0n) is 13.0. The maximum atomic E-state index is 11.3. The number of nitrogens with zero attached hydrogens (tertiary/aromatic N) is 3. The average Bonchev–Trinajstić information content (AvgIpc) is 3.05. The largest absolute Gasteiger partial charge is 0.277 e. The van der Waals surface area contributed by atoms with Gasteiger partial charge >= 0.3 is 0 Å². The van der Waals surface area contributed by atoms with Gasteiger partial charge in [-0.3, -0.25) is 10.1 Å². The van der Waals surface area contributed by atoms with Crippen LogP contribution in [0.15, 0.2) is 77.4 Å². The van der Waals surface area contributed by atoms with E-state index in [1.165, 1.54) is 6.07 Å². The van der Waals surface area contributed by atoms with Crippen LogP contribution in [-0.4, -0.2) is 14.7 Å². The predicted octanol–water partition coefficient (Wildman–Crippen LogP) is 5.36. The molecule has 0 aliphatic carbocycles. The van der Waals surface area contributed by atoms with E-state index in [2.05, 4.69) is 21.0 Å². The van der Waals surface area contributed by atoms with Gasteiger partial charge in [0.25, 0.3) is 5.69 Å². The van der Waals surface area contributed by atoms with Crippen LogP contribution in [0.2, 0.25) is 0 Å². The van der Waals surface area contributed by atoms with Gasteiger partial charge in [0.05, 0.1) is 27.9 Å². The zero-order chi connectivity index (χ0) is 17.4. The normalized spacial score (nSPS) is 10.9. The number of rotatable bonds is 3. The number of benzene rings is 3. The molecule has 6 heteroatoms. The van der Waals surface area contributed by atoms with Crippen LogP contribution in [0.1, 0.15) is 0 Å². The Kier molecular flexibility index (Phi) is 3.82. The van der Waals surface area contributed by atoms with Gasteiger partial charge in [-0.05, 0) is 42.0 Å². The van der Waals surface area contributed by atoms with Gasteiger partial charge in [0.15, 0.2) is 0 Å². The summed E-state index contributed by atoms with van der Waals surface area (Å²) in [6.07, 6.45) is 1.77. The van der Waals surface area contributed by atoms with Crippen molar-refractivity contribution >= 4 is 32.5 Å². The number of hydrogen-bond donors (Lipinski definition) is 0. The van der Waals surface area contributed by atoms with Crippen molar-refractivity contribution < 1.29 is 4.92 Å². The van der Waals surface area contributed by atoms with Crippen LogP contribution in [0.3, 0.4) is 0 Å². The van der Waals surface area contributed by atoms with Gasteiger partial charge in [-0.2, -0.15) is 5.10 Å². The smallest absolute Gasteiger partial charge is 0.258 e. The highest BCUT2D eigenvalue weighted by Gasteiger charge is 2.16. The monoisotopic (exact) mass is 393 g/mol. The molecule has 1 heterocycles. The van der Waals surface area contributed by atoms with Gasteiger partial charge in [-0.25, -0.2) is 4.68 Å². The van der Waals surface area contributed by atoms with E-state index in [1.807, 2.05) is 53.2 Å². The lowest BCUT2D eigenvalue weighted by atomic mass is 10.0. The molecule has 0 atom stereocenters. The molecule has 0 N–H and O–H groups in total. The van der Waals surface area contributed by atoms with Crippen LogP contribution >= 0.6 is 15.9 Å². The molecule has 25 heavy (non-hydrogen) atoms. The Hall–Kier alpha value is -2.99. The quantitative estimate of drug-likeness (QED) is 0.347. The fourth-order valence-corrected chi connectivity index (χ4v) is 3.24. The summed E-state index contributed by atoms with van der Waals surface area (Å²) in [5.74, 6) is 0. The Morgan fingerprint density at radius 2 is 1.80 bits per heavy atom. The van der Waals surface area contributed by atoms with Crippen molar-refractivity contribution in [2.45, 2.75) is 0 Å². The first kappa shape index (κ1) is 15.5. The Morgan fingerprint density at radius 1 is 1.00 bits per heavy atom. The molecule has 0 aliphatic heterocycles. The van der Waals surface area contributed by atoms with E-state index < -0.39 is 0 Å². The summed E-state index contributed by atoms with van der Waals surface area (Å²) >= 11 is 3.39. The SMILES string of the molecule is O=[N+]([O-])c1ccc(Br)cc1-c1ccc2c(cnn2-c2ccccc2)c1. The van der Waals surface area contributed by atoms with Crippen molar-refractivity contribution in [3.63, 3.8) is 0 Å². The molecule has 0 bridgehead atoms. The molecule has 0 amide bonds. The Balaban J connectivity index is 1.87. The minimum absolute atomic E-state index is 0.0815. The number of nitro benzene ring substituents is 1. The standard InChI is InChI=1S/C19H12BrN3O2/c20-15-7-9-19(23(24)25)17(11-15)13-6-8-18-14(10-13)12-21-22(18)16-4-2-1-3-5-16/h1-12H. The van der Waals surface area contributed by atoms with Crippen molar-refractivity contribution in [2.75, 3.05) is 0 Å². The van der Waals surface area contributed by atoms with Crippen LogP contribution in [0, 0.1) is 10.1 Å². The van der Waals surface area contributed by atoms with Crippen molar-refractivity contribution in [1.29, 1.82) is 0 Å². The maximum absolute atomic E-state index is 11.3. The van der Waals surface area contributed by atoms with Crippen molar-refractivity contribution in [2.24, 2.45) is 0 Å². The summed E-state index contributed by atoms with van der Waals surface area (Å²) < 4.78 is 2.65. The van der Waals surface area contributed by atoms with Gasteiger partial charge in [-0.1, -0.05) is 40.2 Å². The number of aromatic nitrogens is 2. The van der Waals surface area contributed by atoms with E-state index in [1.54, 1.807) is 18.3 Å². The third-order valence-electron chi connectivity index (χ3n) is 4.04. The molecular weight excluding hydrogens is 382 g/mol. The van der Waals surface area contributed by atoms with E-state index in [-0.39, 0.29) is 10.6 Å². The van der Waals surface area contributed by atoms with Crippen LogP contribution in [0.4, 0.5) is 5.69 Å². The van der Waals surface area contributed by atoms with E-state index in [0.717, 1.165) is 26.6 Å². The van der Waals surface area contributed by atoms with Gasteiger partial charge in [0, 0.05) is 15.9 Å². The van der Waals surface area contributed by atoms with Gasteiger partial charge in [0.2, 0.25) is 0 Å². The summed E-state index contributed by atoms with van der Waals surface area (Å²) in [7, 11) is 0. The van der Waals surface area contributed by atoms with Crippen molar-refractivity contribution in [1.82, 2.24) is 9.78 Å². The molecule has 4 aromatic rings. The topological polar surface area (TPSA) is 61.0 Å². The summed E-state index contributed by atoms with van der Waals surface area (Å²) in [6.45, 7) is 0. The molecule has 0 saturated carbocycles. The molecule has 0 spiro atoms. The fourth-order valence-electron chi connectivity index (χ4n) is 2.87. The molecule has 0 aliphatic rings. The van der Waals surface area contributed by atoms with Gasteiger partial charge in [-0.15, -0.1) is 0 Å². The first-order chi connectivity index (χ1) is 12.1. The summed E-state index contributed by atoms with van der Waals surface area (Å²) in [5.41, 5.74) is 3.37. The lowest BCUT2D eigenvalue weighted by molar-refractivity contribution is -0.384. The first-order valence-corrected chi connectivity index (χ1v) is 8.40. The minimum Gasteiger partial charge on any atom is -0.258 e. The lowest BCUT2D eigenvalue weighted by Gasteiger charge is -2.06. The van der Waals surface area contributed by atoms with Gasteiger partial charge in [0.1, 0.15) is 0 Å². The lowest BCUT2D eigenvalue weighted by Crippen LogP contribution is -1.95. The van der Waals surface area contributed by atoms with Crippen LogP contribution in [-0.2, 0) is 0 Å². The summed E-state index contributed by atoms with van der Waals surface area (Å²) in [4.78, 5) is 11.0. The van der Waals surface area contributed by atoms with E-state index in [0.29, 0.717) is 5.56 Å². The highest BCUT2D eigenvalue weighted by Crippen LogP contribution is 2.34. The molecule has 5 nitrogen and oxygen atoms in total. The number of halogens is 1. The molecule has 3 aromatic carbocycles. The van der Waals surface area contributed by atoms with E-state index >= 15 is 0 Å². The second-order valence-electron chi connectivity index (χ2n) is 5.58. The Morgan fingerprint density at radius 3 is 2.56 bits per heavy atom. The number of hydrogen-bond acceptors (Lipinski definition) is 3. The number of para-hydroxylation sites is 1. The maximum Gasteiger partial charge on any atom is 0.277 e. The molecular formula is C19H12BrN3O2. The first-order valence-electron chi connectivity index (χ1n) is 7.61. The minimum atomic E-state index is -0.362. The third-order valence-corrected chi connectivity index (χ3v) is 4.53. The highest BCUT2D eigenvalue weighted by atomic mass is 79.9. The molecule has 0 radical (unpaired) electrons. The Bertz CT molecular complexity index is 1090. The van der Waals surface area contributed by atoms with Crippen LogP contribution in [0.25, 0.3) is 27.7 Å². The molecule has 0 fully saturated rings. The van der Waals surface area contributed by atoms with E-state index in [9.17, 15) is 10.1 Å². The molecule has 0 saturated heterocycles. The summed E-state index contributed by atoms with van der Waals surface area (Å²) in [6, 6.07) is 20.6. The van der Waals surface area contributed by atoms with Crippen LogP contribution < -0.4 is 0 Å². The van der Waals surface area contributed by atoms with Crippen LogP contribution in [0.5, 0.6) is 0 Å². The average molecular weight is 394 g/mol. The fraction of sp³-hybridized carbons (Fsp3) is 0. The van der Waals surface area contributed by atoms with E-state index in [4.69, 9.17) is 0 Å². The molecule has 0 unspecified atom stereocenters. The summed E-state index contributed by atoms with van der Waals surface area (Å²) in [5, 5.41) is 16.7. The number of fused-ring (bicyclic) bond motifs is 1. The zero-order valence-corrected chi connectivity index (χ0v) is 14.6.